The molecule has 0 aromatic rings. The first-order chi connectivity index (χ1) is 11.3. The summed E-state index contributed by atoms with van der Waals surface area (Å²) < 4.78 is 124. The van der Waals surface area contributed by atoms with Crippen molar-refractivity contribution in [2.75, 3.05) is 0 Å². The fourth-order valence-corrected chi connectivity index (χ4v) is 9.91. The van der Waals surface area contributed by atoms with Crippen molar-refractivity contribution in [2.24, 2.45) is 0 Å². The van der Waals surface area contributed by atoms with Gasteiger partial charge in [-0.05, 0) is 37.8 Å². The zero-order valence-electron chi connectivity index (χ0n) is 14.7. The number of halogens is 9. The van der Waals surface area contributed by atoms with Crippen molar-refractivity contribution in [1.29, 1.82) is 0 Å². The maximum Gasteiger partial charge on any atom is 0.388 e. The lowest BCUT2D eigenvalue weighted by atomic mass is 10.5. The average Bonchev–Trinajstić information content (AvgIpc) is 2.36. The second kappa shape index (κ2) is 9.43. The highest BCUT2D eigenvalue weighted by molar-refractivity contribution is 6.79. The molecule has 26 heavy (non-hydrogen) atoms. The highest BCUT2D eigenvalue weighted by Crippen LogP contribution is 2.38. The molecule has 0 unspecified atom stereocenters. The lowest BCUT2D eigenvalue weighted by molar-refractivity contribution is -0.133. The van der Waals surface area contributed by atoms with Crippen LogP contribution in [0.25, 0.3) is 0 Å². The second-order valence-corrected chi connectivity index (χ2v) is 17.7. The quantitative estimate of drug-likeness (QED) is 0.313. The number of alkyl halides is 9. The van der Waals surface area contributed by atoms with E-state index in [0.29, 0.717) is 0 Å². The van der Waals surface area contributed by atoms with Crippen LogP contribution in [-0.2, 0) is 8.23 Å². The summed E-state index contributed by atoms with van der Waals surface area (Å²) in [6.45, 7) is 5.23. The van der Waals surface area contributed by atoms with E-state index in [1.165, 1.54) is 0 Å². The van der Waals surface area contributed by atoms with E-state index in [9.17, 15) is 39.5 Å². The smallest absolute Gasteiger partial charge is 0.388 e. The van der Waals surface area contributed by atoms with Gasteiger partial charge in [-0.3, -0.25) is 0 Å². The summed E-state index contributed by atoms with van der Waals surface area (Å²) in [4.78, 5) is 0. The van der Waals surface area contributed by atoms with Crippen molar-refractivity contribution >= 4 is 26.6 Å². The summed E-state index contributed by atoms with van der Waals surface area (Å²) in [7, 11) is -8.04. The van der Waals surface area contributed by atoms with Crippen molar-refractivity contribution in [3.63, 3.8) is 0 Å². The lowest BCUT2D eigenvalue weighted by Crippen LogP contribution is -2.44. The minimum atomic E-state index is -4.68. The predicted molar refractivity (Wildman–Crippen MR) is 86.3 cm³/mol. The van der Waals surface area contributed by atoms with Gasteiger partial charge in [0.15, 0.2) is 16.6 Å². The SMILES string of the molecule is C[Si](C)(C)O[SiH2]O[Si](CCC(F)(F)F)(CCC(F)(F)F)CCC(F)(F)F. The summed E-state index contributed by atoms with van der Waals surface area (Å²) in [5.41, 5.74) is 0. The molecule has 0 amide bonds. The molecule has 158 valence electrons. The van der Waals surface area contributed by atoms with E-state index in [1.54, 1.807) is 19.6 Å². The maximum absolute atomic E-state index is 12.6. The Kier molecular flexibility index (Phi) is 9.41. The Morgan fingerprint density at radius 2 is 0.923 bits per heavy atom. The van der Waals surface area contributed by atoms with Crippen molar-refractivity contribution in [2.45, 2.75) is 75.6 Å². The fourth-order valence-electron chi connectivity index (χ4n) is 2.03. The molecule has 0 radical (unpaired) electrons. The van der Waals surface area contributed by atoms with Gasteiger partial charge in [-0.15, -0.1) is 0 Å². The third kappa shape index (κ3) is 15.0. The normalized spacial score (nSPS) is 15.2. The summed E-state index contributed by atoms with van der Waals surface area (Å²) >= 11 is 0. The van der Waals surface area contributed by atoms with Crippen LogP contribution < -0.4 is 0 Å². The molecule has 0 aromatic heterocycles. The average molecular weight is 455 g/mol. The Balaban J connectivity index is 5.35. The molecule has 0 spiro atoms. The van der Waals surface area contributed by atoms with Crippen LogP contribution in [0.1, 0.15) is 19.3 Å². The highest BCUT2D eigenvalue weighted by Gasteiger charge is 2.44. The molecule has 0 bridgehead atoms. The second-order valence-electron chi connectivity index (χ2n) is 7.05. The summed E-state index contributed by atoms with van der Waals surface area (Å²) in [5, 5.41) is 0. The van der Waals surface area contributed by atoms with Crippen LogP contribution in [0.3, 0.4) is 0 Å². The van der Waals surface area contributed by atoms with E-state index < -0.39 is 82.6 Å². The van der Waals surface area contributed by atoms with Crippen LogP contribution in [-0.4, -0.2) is 45.2 Å². The Morgan fingerprint density at radius 3 is 1.15 bits per heavy atom. The van der Waals surface area contributed by atoms with E-state index in [-0.39, 0.29) is 0 Å². The third-order valence-electron chi connectivity index (χ3n) is 3.45. The molecular formula is C12H23F9O2Si3. The maximum atomic E-state index is 12.6. The van der Waals surface area contributed by atoms with Crippen LogP contribution in [0, 0.1) is 0 Å². The molecule has 2 nitrogen and oxygen atoms in total. The van der Waals surface area contributed by atoms with Gasteiger partial charge >= 0.3 is 18.5 Å². The highest BCUT2D eigenvalue weighted by atomic mass is 28.4. The van der Waals surface area contributed by atoms with Gasteiger partial charge in [-0.1, -0.05) is 0 Å². The van der Waals surface area contributed by atoms with Crippen LogP contribution in [0.5, 0.6) is 0 Å². The van der Waals surface area contributed by atoms with Crippen molar-refractivity contribution in [1.82, 2.24) is 0 Å². The summed E-state index contributed by atoms with van der Waals surface area (Å²) in [6, 6.07) is -2.49. The largest absolute Gasteiger partial charge is 0.441 e. The van der Waals surface area contributed by atoms with Crippen LogP contribution in [0.2, 0.25) is 37.8 Å². The third-order valence-corrected chi connectivity index (χ3v) is 13.8. The molecule has 0 fully saturated rings. The van der Waals surface area contributed by atoms with E-state index in [0.717, 1.165) is 0 Å². The first-order valence-corrected chi connectivity index (χ1v) is 14.9. The summed E-state index contributed by atoms with van der Waals surface area (Å²) in [6.07, 6.45) is -18.4. The Bertz CT molecular complexity index is 371. The number of rotatable bonds is 10. The van der Waals surface area contributed by atoms with Crippen LogP contribution in [0.15, 0.2) is 0 Å². The van der Waals surface area contributed by atoms with Crippen LogP contribution in [0.4, 0.5) is 39.5 Å². The molecular weight excluding hydrogens is 431 g/mol. The van der Waals surface area contributed by atoms with Crippen molar-refractivity contribution in [3.05, 3.63) is 0 Å². The van der Waals surface area contributed by atoms with Gasteiger partial charge < -0.3 is 8.23 Å². The number of hydrogen-bond acceptors (Lipinski definition) is 2. The Hall–Kier alpha value is -0.0594. The molecule has 0 aliphatic carbocycles. The zero-order chi connectivity index (χ0) is 20.9. The van der Waals surface area contributed by atoms with Gasteiger partial charge in [0.25, 0.3) is 10.0 Å². The first-order valence-electron chi connectivity index (χ1n) is 7.81. The topological polar surface area (TPSA) is 18.5 Å². The van der Waals surface area contributed by atoms with Crippen LogP contribution >= 0.6 is 0 Å². The minimum Gasteiger partial charge on any atom is -0.441 e. The minimum absolute atomic E-state index is 0.829. The molecule has 0 aliphatic rings. The molecule has 0 saturated carbocycles. The van der Waals surface area contributed by atoms with Gasteiger partial charge in [0, 0.05) is 19.3 Å². The van der Waals surface area contributed by atoms with Gasteiger partial charge in [0.05, 0.1) is 0 Å². The first kappa shape index (κ1) is 25.9. The molecule has 0 heterocycles. The lowest BCUT2D eigenvalue weighted by Gasteiger charge is -2.34. The summed E-state index contributed by atoms with van der Waals surface area (Å²) in [5.74, 6) is 0. The molecule has 14 heteroatoms. The molecule has 0 aromatic carbocycles. The molecule has 0 atom stereocenters. The van der Waals surface area contributed by atoms with Gasteiger partial charge in [-0.25, -0.2) is 0 Å². The van der Waals surface area contributed by atoms with Crippen molar-refractivity contribution in [3.8, 4) is 0 Å². The molecule has 0 saturated heterocycles. The number of hydrogen-bond donors (Lipinski definition) is 0. The van der Waals surface area contributed by atoms with E-state index in [2.05, 4.69) is 0 Å². The van der Waals surface area contributed by atoms with Gasteiger partial charge in [-0.2, -0.15) is 39.5 Å². The fraction of sp³-hybridized carbons (Fsp3) is 1.00. The molecule has 0 aliphatic heterocycles. The van der Waals surface area contributed by atoms with Crippen molar-refractivity contribution < 1.29 is 47.7 Å². The van der Waals surface area contributed by atoms with E-state index >= 15 is 0 Å². The van der Waals surface area contributed by atoms with E-state index in [4.69, 9.17) is 8.23 Å². The standard InChI is InChI=1S/C12H23F9O2Si3/c1-25(2,3)22-24-23-26(7-4-10(13,14)15,8-5-11(16,17)18)9-6-12(19,20)21/h4-9,24H2,1-3H3. The van der Waals surface area contributed by atoms with Gasteiger partial charge in [0.1, 0.15) is 0 Å². The predicted octanol–water partition coefficient (Wildman–Crippen LogP) is 5.66. The monoisotopic (exact) mass is 454 g/mol. The Labute approximate surface area is 150 Å². The van der Waals surface area contributed by atoms with E-state index in [1.807, 2.05) is 0 Å². The zero-order valence-corrected chi connectivity index (χ0v) is 18.1. The molecule has 0 N–H and O–H groups in total. The van der Waals surface area contributed by atoms with Gasteiger partial charge in [0.2, 0.25) is 0 Å². The molecule has 0 rings (SSSR count). The Morgan fingerprint density at radius 1 is 0.615 bits per heavy atom.